The van der Waals surface area contributed by atoms with Gasteiger partial charge in [0.1, 0.15) is 11.5 Å². The van der Waals surface area contributed by atoms with Crippen molar-refractivity contribution in [3.63, 3.8) is 0 Å². The van der Waals surface area contributed by atoms with Gasteiger partial charge in [0.2, 0.25) is 5.91 Å². The highest BCUT2D eigenvalue weighted by molar-refractivity contribution is 7.99. The molecule has 2 aromatic heterocycles. The van der Waals surface area contributed by atoms with Gasteiger partial charge in [0.15, 0.2) is 10.3 Å². The first-order valence-corrected chi connectivity index (χ1v) is 10.6. The van der Waals surface area contributed by atoms with Gasteiger partial charge in [-0.1, -0.05) is 23.9 Å². The van der Waals surface area contributed by atoms with Crippen LogP contribution in [0, 0.1) is 0 Å². The van der Waals surface area contributed by atoms with Crippen LogP contribution in [0.15, 0.2) is 53.0 Å². The molecule has 2 N–H and O–H groups in total. The van der Waals surface area contributed by atoms with E-state index >= 15 is 0 Å². The summed E-state index contributed by atoms with van der Waals surface area (Å²) in [4.78, 5) is 24.5. The van der Waals surface area contributed by atoms with E-state index in [1.54, 1.807) is 20.3 Å². The lowest BCUT2D eigenvalue weighted by Crippen LogP contribution is -2.13. The first kappa shape index (κ1) is 19.3. The molecule has 2 aromatic carbocycles. The van der Waals surface area contributed by atoms with Gasteiger partial charge in [-0.05, 0) is 24.3 Å². The lowest BCUT2D eigenvalue weighted by molar-refractivity contribution is -0.113. The molecule has 0 fully saturated rings. The number of imidazole rings is 1. The molecule has 0 radical (unpaired) electrons. The second kappa shape index (κ2) is 8.54. The third-order valence-corrected chi connectivity index (χ3v) is 5.77. The molecule has 0 saturated carbocycles. The Kier molecular flexibility index (Phi) is 5.68. The van der Waals surface area contributed by atoms with Gasteiger partial charge < -0.3 is 19.8 Å². The lowest BCUT2D eigenvalue weighted by Gasteiger charge is -2.08. The zero-order valence-corrected chi connectivity index (χ0v) is 17.4. The third kappa shape index (κ3) is 4.36. The van der Waals surface area contributed by atoms with Crippen molar-refractivity contribution in [2.45, 2.75) is 5.16 Å². The number of aromatic amines is 1. The summed E-state index contributed by atoms with van der Waals surface area (Å²) < 4.78 is 10.7. The van der Waals surface area contributed by atoms with Crippen LogP contribution in [0.25, 0.3) is 22.3 Å². The topological polar surface area (TPSA) is 89.1 Å². The molecule has 0 aliphatic rings. The van der Waals surface area contributed by atoms with Crippen LogP contribution in [-0.4, -0.2) is 40.8 Å². The predicted octanol–water partition coefficient (Wildman–Crippen LogP) is 4.43. The van der Waals surface area contributed by atoms with Crippen LogP contribution in [0.4, 0.5) is 5.13 Å². The average molecular weight is 427 g/mol. The van der Waals surface area contributed by atoms with E-state index in [-0.39, 0.29) is 11.7 Å². The number of para-hydroxylation sites is 2. The van der Waals surface area contributed by atoms with E-state index in [0.717, 1.165) is 22.3 Å². The van der Waals surface area contributed by atoms with E-state index in [0.29, 0.717) is 21.8 Å². The molecule has 29 heavy (non-hydrogen) atoms. The Morgan fingerprint density at radius 2 is 2.03 bits per heavy atom. The van der Waals surface area contributed by atoms with Crippen molar-refractivity contribution in [2.75, 3.05) is 25.3 Å². The summed E-state index contributed by atoms with van der Waals surface area (Å²) in [7, 11) is 3.21. The molecule has 4 aromatic rings. The van der Waals surface area contributed by atoms with Crippen LogP contribution < -0.4 is 14.8 Å². The summed E-state index contributed by atoms with van der Waals surface area (Å²) in [6, 6.07) is 13.3. The number of carbonyl (C=O) groups is 1. The zero-order valence-electron chi connectivity index (χ0n) is 15.8. The molecule has 0 bridgehead atoms. The van der Waals surface area contributed by atoms with Crippen molar-refractivity contribution in [2.24, 2.45) is 0 Å². The number of ether oxygens (including phenoxy) is 2. The van der Waals surface area contributed by atoms with Crippen molar-refractivity contribution >= 4 is 45.2 Å². The number of amides is 1. The molecule has 2 heterocycles. The predicted molar refractivity (Wildman–Crippen MR) is 116 cm³/mol. The van der Waals surface area contributed by atoms with Crippen molar-refractivity contribution in [3.8, 4) is 22.8 Å². The van der Waals surface area contributed by atoms with Crippen LogP contribution >= 0.6 is 23.1 Å². The summed E-state index contributed by atoms with van der Waals surface area (Å²) in [5.74, 6) is 1.46. The van der Waals surface area contributed by atoms with E-state index in [2.05, 4.69) is 20.3 Å². The van der Waals surface area contributed by atoms with E-state index in [9.17, 15) is 4.79 Å². The Labute approximate surface area is 175 Å². The minimum atomic E-state index is -0.141. The van der Waals surface area contributed by atoms with Gasteiger partial charge >= 0.3 is 0 Å². The lowest BCUT2D eigenvalue weighted by atomic mass is 10.1. The van der Waals surface area contributed by atoms with Crippen molar-refractivity contribution in [3.05, 3.63) is 47.8 Å². The highest BCUT2D eigenvalue weighted by Gasteiger charge is 2.13. The molecule has 0 unspecified atom stereocenters. The minimum Gasteiger partial charge on any atom is -0.497 e. The first-order chi connectivity index (χ1) is 14.2. The number of hydrogen-bond acceptors (Lipinski definition) is 7. The van der Waals surface area contributed by atoms with E-state index in [4.69, 9.17) is 9.47 Å². The highest BCUT2D eigenvalue weighted by atomic mass is 32.2. The molecule has 4 rings (SSSR count). The van der Waals surface area contributed by atoms with Crippen LogP contribution in [0.5, 0.6) is 11.5 Å². The maximum Gasteiger partial charge on any atom is 0.236 e. The zero-order chi connectivity index (χ0) is 20.2. The van der Waals surface area contributed by atoms with E-state index in [1.165, 1.54) is 23.1 Å². The number of rotatable bonds is 7. The fourth-order valence-corrected chi connectivity index (χ4v) is 4.16. The Morgan fingerprint density at radius 1 is 1.17 bits per heavy atom. The first-order valence-electron chi connectivity index (χ1n) is 8.71. The maximum absolute atomic E-state index is 12.3. The number of nitrogens with zero attached hydrogens (tertiary/aromatic N) is 2. The number of benzene rings is 2. The average Bonchev–Trinajstić information content (AvgIpc) is 3.38. The number of thiazole rings is 1. The second-order valence-electron chi connectivity index (χ2n) is 6.00. The number of H-pyrrole nitrogens is 1. The van der Waals surface area contributed by atoms with Gasteiger partial charge in [0, 0.05) is 17.0 Å². The number of fused-ring (bicyclic) bond motifs is 1. The third-order valence-electron chi connectivity index (χ3n) is 4.14. The smallest absolute Gasteiger partial charge is 0.236 e. The summed E-state index contributed by atoms with van der Waals surface area (Å²) >= 11 is 2.72. The molecule has 9 heteroatoms. The second-order valence-corrected chi connectivity index (χ2v) is 7.82. The molecule has 0 spiro atoms. The van der Waals surface area contributed by atoms with Gasteiger partial charge in [-0.2, -0.15) is 0 Å². The quantitative estimate of drug-likeness (QED) is 0.425. The molecule has 7 nitrogen and oxygen atoms in total. The molecule has 0 atom stereocenters. The Morgan fingerprint density at radius 3 is 2.83 bits per heavy atom. The standard InChI is InChI=1S/C20H18N4O3S2/c1-26-12-7-8-13(17(9-12)27-2)16-10-28-20(23-16)24-18(25)11-29-19-21-14-5-3-4-6-15(14)22-19/h3-10H,11H2,1-2H3,(H,21,22)(H,23,24,25). The number of nitrogens with one attached hydrogen (secondary N) is 2. The SMILES string of the molecule is COc1ccc(-c2csc(NC(=O)CSc3nc4ccccc4[nH]3)n2)c(OC)c1. The fraction of sp³-hybridized carbons (Fsp3) is 0.150. The Hall–Kier alpha value is -3.04. The molecular weight excluding hydrogens is 408 g/mol. The van der Waals surface area contributed by atoms with Gasteiger partial charge in [0.05, 0.1) is 36.7 Å². The van der Waals surface area contributed by atoms with Crippen molar-refractivity contribution < 1.29 is 14.3 Å². The van der Waals surface area contributed by atoms with Crippen molar-refractivity contribution in [1.82, 2.24) is 15.0 Å². The van der Waals surface area contributed by atoms with Crippen LogP contribution in [0.1, 0.15) is 0 Å². The molecule has 0 saturated heterocycles. The Bertz CT molecular complexity index is 1120. The van der Waals surface area contributed by atoms with Crippen LogP contribution in [0.3, 0.4) is 0 Å². The molecular formula is C20H18N4O3S2. The monoisotopic (exact) mass is 426 g/mol. The number of hydrogen-bond donors (Lipinski definition) is 2. The maximum atomic E-state index is 12.3. The number of methoxy groups -OCH3 is 2. The minimum absolute atomic E-state index is 0.141. The number of anilines is 1. The largest absolute Gasteiger partial charge is 0.497 e. The van der Waals surface area contributed by atoms with Crippen molar-refractivity contribution in [1.29, 1.82) is 0 Å². The summed E-state index contributed by atoms with van der Waals surface area (Å²) in [6.07, 6.45) is 0. The summed E-state index contributed by atoms with van der Waals surface area (Å²) in [6.45, 7) is 0. The molecule has 0 aliphatic heterocycles. The number of thioether (sulfide) groups is 1. The fourth-order valence-electron chi connectivity index (χ4n) is 2.75. The molecule has 0 aliphatic carbocycles. The van der Waals surface area contributed by atoms with Gasteiger partial charge in [-0.15, -0.1) is 11.3 Å². The van der Waals surface area contributed by atoms with Gasteiger partial charge in [-0.25, -0.2) is 9.97 Å². The van der Waals surface area contributed by atoms with E-state index in [1.807, 2.05) is 41.8 Å². The summed E-state index contributed by atoms with van der Waals surface area (Å²) in [5, 5.41) is 5.97. The number of carbonyl (C=O) groups excluding carboxylic acids is 1. The van der Waals surface area contributed by atoms with E-state index < -0.39 is 0 Å². The van der Waals surface area contributed by atoms with Gasteiger partial charge in [0.25, 0.3) is 0 Å². The molecule has 148 valence electrons. The van der Waals surface area contributed by atoms with Gasteiger partial charge in [-0.3, -0.25) is 4.79 Å². The number of aromatic nitrogens is 3. The Balaban J connectivity index is 1.40. The van der Waals surface area contributed by atoms with Crippen LogP contribution in [0.2, 0.25) is 0 Å². The normalized spacial score (nSPS) is 10.8. The summed E-state index contributed by atoms with van der Waals surface area (Å²) in [5.41, 5.74) is 3.40. The van der Waals surface area contributed by atoms with Crippen LogP contribution in [-0.2, 0) is 4.79 Å². The highest BCUT2D eigenvalue weighted by Crippen LogP contribution is 2.34. The molecule has 1 amide bonds.